The van der Waals surface area contributed by atoms with Crippen molar-refractivity contribution in [3.05, 3.63) is 57.8 Å². The van der Waals surface area contributed by atoms with Crippen LogP contribution in [0.4, 0.5) is 5.69 Å². The first-order valence-corrected chi connectivity index (χ1v) is 7.28. The second-order valence-corrected chi connectivity index (χ2v) is 5.68. The van der Waals surface area contributed by atoms with Crippen LogP contribution in [0.3, 0.4) is 0 Å². The number of benzene rings is 1. The van der Waals surface area contributed by atoms with Gasteiger partial charge in [0.25, 0.3) is 11.8 Å². The maximum absolute atomic E-state index is 12.1. The van der Waals surface area contributed by atoms with E-state index in [0.717, 1.165) is 4.90 Å². The molecule has 116 valence electrons. The first-order valence-electron chi connectivity index (χ1n) is 6.53. The van der Waals surface area contributed by atoms with Crippen LogP contribution >= 0.6 is 23.2 Å². The van der Waals surface area contributed by atoms with Gasteiger partial charge in [-0.05, 0) is 30.3 Å². The number of hydrogen-bond donors (Lipinski definition) is 1. The fourth-order valence-corrected chi connectivity index (χ4v) is 2.75. The van der Waals surface area contributed by atoms with Gasteiger partial charge in [-0.25, -0.2) is 0 Å². The van der Waals surface area contributed by atoms with Crippen LogP contribution in [-0.4, -0.2) is 34.2 Å². The van der Waals surface area contributed by atoms with Crippen molar-refractivity contribution in [1.82, 2.24) is 9.88 Å². The summed E-state index contributed by atoms with van der Waals surface area (Å²) in [6.45, 7) is -0.418. The van der Waals surface area contributed by atoms with Crippen molar-refractivity contribution < 1.29 is 14.4 Å². The maximum Gasteiger partial charge on any atom is 0.280 e. The fourth-order valence-electron chi connectivity index (χ4n) is 2.23. The highest BCUT2D eigenvalue weighted by molar-refractivity contribution is 6.35. The molecule has 0 fully saturated rings. The molecule has 3 rings (SSSR count). The van der Waals surface area contributed by atoms with Gasteiger partial charge >= 0.3 is 0 Å². The first kappa shape index (κ1) is 15.5. The Hall–Kier alpha value is -2.44. The third-order valence-corrected chi connectivity index (χ3v) is 3.62. The lowest BCUT2D eigenvalue weighted by Gasteiger charge is -2.13. The van der Waals surface area contributed by atoms with E-state index in [2.05, 4.69) is 10.3 Å². The molecule has 0 aliphatic carbocycles. The van der Waals surface area contributed by atoms with Crippen molar-refractivity contribution in [2.45, 2.75) is 0 Å². The SMILES string of the molecule is O=C(CN1C(=O)c2cccnc2C1=O)Nc1cc(Cl)cc(Cl)c1. The molecule has 0 spiro atoms. The number of fused-ring (bicyclic) bond motifs is 1. The highest BCUT2D eigenvalue weighted by Gasteiger charge is 2.37. The van der Waals surface area contributed by atoms with E-state index in [1.165, 1.54) is 30.5 Å². The van der Waals surface area contributed by atoms with Crippen LogP contribution in [-0.2, 0) is 4.79 Å². The topological polar surface area (TPSA) is 79.4 Å². The van der Waals surface area contributed by atoms with Crippen molar-refractivity contribution in [3.63, 3.8) is 0 Å². The number of carbonyl (C=O) groups excluding carboxylic acids is 3. The molecule has 23 heavy (non-hydrogen) atoms. The van der Waals surface area contributed by atoms with Gasteiger partial charge in [0.15, 0.2) is 0 Å². The molecule has 1 aromatic carbocycles. The van der Waals surface area contributed by atoms with Gasteiger partial charge in [0, 0.05) is 21.9 Å². The lowest BCUT2D eigenvalue weighted by Crippen LogP contribution is -2.37. The Kier molecular flexibility index (Phi) is 4.02. The summed E-state index contributed by atoms with van der Waals surface area (Å²) in [7, 11) is 0. The number of hydrogen-bond acceptors (Lipinski definition) is 4. The van der Waals surface area contributed by atoms with E-state index in [1.807, 2.05) is 0 Å². The summed E-state index contributed by atoms with van der Waals surface area (Å²) in [6, 6.07) is 7.60. The van der Waals surface area contributed by atoms with Crippen molar-refractivity contribution >= 4 is 46.6 Å². The molecule has 1 N–H and O–H groups in total. The molecule has 3 amide bonds. The van der Waals surface area contributed by atoms with Gasteiger partial charge in [0.05, 0.1) is 5.56 Å². The van der Waals surface area contributed by atoms with E-state index >= 15 is 0 Å². The van der Waals surface area contributed by atoms with Gasteiger partial charge in [0.2, 0.25) is 5.91 Å². The number of halogens is 2. The number of nitrogens with zero attached hydrogens (tertiary/aromatic N) is 2. The van der Waals surface area contributed by atoms with Crippen molar-refractivity contribution in [2.75, 3.05) is 11.9 Å². The standard InChI is InChI=1S/C15H9Cl2N3O3/c16-8-4-9(17)6-10(5-8)19-12(21)7-20-14(22)11-2-1-3-18-13(11)15(20)23/h1-6H,7H2,(H,19,21). The van der Waals surface area contributed by atoms with E-state index in [-0.39, 0.29) is 11.3 Å². The number of aromatic nitrogens is 1. The number of carbonyl (C=O) groups is 3. The summed E-state index contributed by atoms with van der Waals surface area (Å²) >= 11 is 11.7. The normalized spacial score (nSPS) is 13.2. The zero-order valence-electron chi connectivity index (χ0n) is 11.5. The molecule has 0 radical (unpaired) electrons. The predicted octanol–water partition coefficient (Wildman–Crippen LogP) is 2.62. The molecule has 0 saturated carbocycles. The van der Waals surface area contributed by atoms with Crippen molar-refractivity contribution in [2.24, 2.45) is 0 Å². The van der Waals surface area contributed by atoms with Crippen LogP contribution in [0.25, 0.3) is 0 Å². The van der Waals surface area contributed by atoms with E-state index in [9.17, 15) is 14.4 Å². The van der Waals surface area contributed by atoms with Crippen LogP contribution in [0.5, 0.6) is 0 Å². The Morgan fingerprint density at radius 3 is 2.48 bits per heavy atom. The zero-order valence-corrected chi connectivity index (χ0v) is 13.1. The second-order valence-electron chi connectivity index (χ2n) is 4.80. The average Bonchev–Trinajstić information content (AvgIpc) is 2.72. The largest absolute Gasteiger partial charge is 0.324 e. The smallest absolute Gasteiger partial charge is 0.280 e. The molecular weight excluding hydrogens is 341 g/mol. The van der Waals surface area contributed by atoms with Gasteiger partial charge in [-0.3, -0.25) is 24.3 Å². The van der Waals surface area contributed by atoms with Gasteiger partial charge < -0.3 is 5.32 Å². The van der Waals surface area contributed by atoms with Gasteiger partial charge in [-0.15, -0.1) is 0 Å². The van der Waals surface area contributed by atoms with Crippen molar-refractivity contribution in [3.8, 4) is 0 Å². The summed E-state index contributed by atoms with van der Waals surface area (Å²) in [6.07, 6.45) is 1.42. The molecule has 8 heteroatoms. The molecule has 6 nitrogen and oxygen atoms in total. The minimum absolute atomic E-state index is 0.0519. The average molecular weight is 350 g/mol. The highest BCUT2D eigenvalue weighted by Crippen LogP contribution is 2.23. The third-order valence-electron chi connectivity index (χ3n) is 3.18. The van der Waals surface area contributed by atoms with Crippen LogP contribution in [0, 0.1) is 0 Å². The lowest BCUT2D eigenvalue weighted by atomic mass is 10.2. The Labute approximate surface area is 141 Å². The van der Waals surface area contributed by atoms with Gasteiger partial charge in [-0.1, -0.05) is 23.2 Å². The Bertz CT molecular complexity index is 783. The Morgan fingerprint density at radius 2 is 1.83 bits per heavy atom. The summed E-state index contributed by atoms with van der Waals surface area (Å²) in [5, 5.41) is 3.26. The molecule has 2 heterocycles. The third kappa shape index (κ3) is 3.04. The van der Waals surface area contributed by atoms with E-state index in [4.69, 9.17) is 23.2 Å². The molecule has 0 saturated heterocycles. The minimum Gasteiger partial charge on any atom is -0.324 e. The predicted molar refractivity (Wildman–Crippen MR) is 84.7 cm³/mol. The number of pyridine rings is 1. The molecule has 1 aliphatic rings. The molecule has 0 bridgehead atoms. The van der Waals surface area contributed by atoms with Crippen molar-refractivity contribution in [1.29, 1.82) is 0 Å². The maximum atomic E-state index is 12.1. The minimum atomic E-state index is -0.593. The molecule has 2 aromatic rings. The van der Waals surface area contributed by atoms with Crippen LogP contribution in [0.15, 0.2) is 36.5 Å². The number of rotatable bonds is 3. The molecular formula is C15H9Cl2N3O3. The fraction of sp³-hybridized carbons (Fsp3) is 0.0667. The molecule has 1 aromatic heterocycles. The number of nitrogens with one attached hydrogen (secondary N) is 1. The Morgan fingerprint density at radius 1 is 1.13 bits per heavy atom. The van der Waals surface area contributed by atoms with Gasteiger partial charge in [-0.2, -0.15) is 0 Å². The second kappa shape index (κ2) is 5.98. The van der Waals surface area contributed by atoms with Crippen LogP contribution < -0.4 is 5.32 Å². The first-order chi connectivity index (χ1) is 11.0. The lowest BCUT2D eigenvalue weighted by molar-refractivity contribution is -0.116. The number of amides is 3. The highest BCUT2D eigenvalue weighted by atomic mass is 35.5. The molecule has 0 unspecified atom stereocenters. The van der Waals surface area contributed by atoms with Crippen LogP contribution in [0.2, 0.25) is 10.0 Å². The number of imide groups is 1. The summed E-state index contributed by atoms with van der Waals surface area (Å²) in [5.74, 6) is -1.68. The monoisotopic (exact) mass is 349 g/mol. The number of anilines is 1. The van der Waals surface area contributed by atoms with Gasteiger partial charge in [0.1, 0.15) is 12.2 Å². The van der Waals surface area contributed by atoms with E-state index < -0.39 is 24.3 Å². The van der Waals surface area contributed by atoms with Crippen LogP contribution in [0.1, 0.15) is 20.8 Å². The zero-order chi connectivity index (χ0) is 16.6. The van der Waals surface area contributed by atoms with E-state index in [0.29, 0.717) is 15.7 Å². The quantitative estimate of drug-likeness (QED) is 0.863. The summed E-state index contributed by atoms with van der Waals surface area (Å²) in [5.41, 5.74) is 0.620. The van der Waals surface area contributed by atoms with E-state index in [1.54, 1.807) is 6.07 Å². The summed E-state index contributed by atoms with van der Waals surface area (Å²) < 4.78 is 0. The Balaban J connectivity index is 1.74. The molecule has 0 atom stereocenters. The molecule has 1 aliphatic heterocycles. The summed E-state index contributed by atoms with van der Waals surface area (Å²) in [4.78, 5) is 41.1.